The molecule has 0 aromatic rings. The van der Waals surface area contributed by atoms with E-state index in [0.717, 1.165) is 6.92 Å². The van der Waals surface area contributed by atoms with E-state index >= 15 is 0 Å². The summed E-state index contributed by atoms with van der Waals surface area (Å²) in [6, 6.07) is -0.181. The first-order chi connectivity index (χ1) is 6.32. The van der Waals surface area contributed by atoms with Gasteiger partial charge in [0.1, 0.15) is 5.92 Å². The van der Waals surface area contributed by atoms with E-state index in [9.17, 15) is 18.0 Å². The fraction of sp³-hybridized carbons (Fsp3) is 0.875. The van der Waals surface area contributed by atoms with Gasteiger partial charge in [-0.15, -0.1) is 0 Å². The molecule has 0 spiro atoms. The van der Waals surface area contributed by atoms with E-state index in [-0.39, 0.29) is 12.6 Å². The summed E-state index contributed by atoms with van der Waals surface area (Å²) in [5, 5.41) is 0. The molecule has 14 heavy (non-hydrogen) atoms. The minimum absolute atomic E-state index is 0.181. The molecule has 0 aromatic heterocycles. The Labute approximate surface area is 80.0 Å². The molecule has 0 saturated carbocycles. The highest BCUT2D eigenvalue weighted by Crippen LogP contribution is 2.28. The molecular formula is C8H13F3N2O. The van der Waals surface area contributed by atoms with Crippen molar-refractivity contribution in [3.63, 3.8) is 0 Å². The van der Waals surface area contributed by atoms with Crippen LogP contribution >= 0.6 is 0 Å². The number of carbonyl (C=O) groups is 1. The molecule has 82 valence electrons. The fourth-order valence-electron chi connectivity index (χ4n) is 1.40. The third-order valence-corrected chi connectivity index (χ3v) is 2.40. The molecule has 0 aliphatic carbocycles. The highest BCUT2D eigenvalue weighted by molar-refractivity contribution is 5.79. The minimum Gasteiger partial charge on any atom is -0.341 e. The Kier molecular flexibility index (Phi) is 3.04. The Morgan fingerprint density at radius 1 is 1.57 bits per heavy atom. The number of halogens is 3. The van der Waals surface area contributed by atoms with Crippen LogP contribution in [0.3, 0.4) is 0 Å². The Morgan fingerprint density at radius 2 is 2.14 bits per heavy atom. The van der Waals surface area contributed by atoms with Crippen molar-refractivity contribution < 1.29 is 18.0 Å². The summed E-state index contributed by atoms with van der Waals surface area (Å²) < 4.78 is 36.5. The lowest BCUT2D eigenvalue weighted by atomic mass is 10.1. The predicted octanol–water partition coefficient (Wildman–Crippen LogP) is 0.744. The summed E-state index contributed by atoms with van der Waals surface area (Å²) in [6.45, 7) is 1.45. The average Bonchev–Trinajstić information content (AvgIpc) is 2.47. The van der Waals surface area contributed by atoms with E-state index in [2.05, 4.69) is 0 Å². The van der Waals surface area contributed by atoms with Gasteiger partial charge in [0.25, 0.3) is 0 Å². The van der Waals surface area contributed by atoms with Gasteiger partial charge in [0.05, 0.1) is 0 Å². The second kappa shape index (κ2) is 3.76. The predicted molar refractivity (Wildman–Crippen MR) is 44.4 cm³/mol. The molecule has 1 heterocycles. The molecule has 1 fully saturated rings. The first-order valence-corrected chi connectivity index (χ1v) is 4.43. The van der Waals surface area contributed by atoms with Crippen LogP contribution in [0, 0.1) is 5.92 Å². The number of hydrogen-bond acceptors (Lipinski definition) is 2. The summed E-state index contributed by atoms with van der Waals surface area (Å²) in [7, 11) is 0. The summed E-state index contributed by atoms with van der Waals surface area (Å²) in [5.74, 6) is -2.79. The van der Waals surface area contributed by atoms with E-state index in [1.54, 1.807) is 0 Å². The van der Waals surface area contributed by atoms with Crippen LogP contribution in [0.4, 0.5) is 13.2 Å². The molecule has 2 atom stereocenters. The van der Waals surface area contributed by atoms with E-state index in [0.29, 0.717) is 13.0 Å². The zero-order valence-electron chi connectivity index (χ0n) is 7.84. The maximum atomic E-state index is 12.2. The van der Waals surface area contributed by atoms with Crippen molar-refractivity contribution >= 4 is 5.91 Å². The van der Waals surface area contributed by atoms with Crippen molar-refractivity contribution in [2.45, 2.75) is 25.6 Å². The molecule has 2 N–H and O–H groups in total. The lowest BCUT2D eigenvalue weighted by molar-refractivity contribution is -0.184. The SMILES string of the molecule is CC(C(=O)N1CCC(N)C1)C(F)(F)F. The van der Waals surface area contributed by atoms with Crippen molar-refractivity contribution in [3.05, 3.63) is 0 Å². The summed E-state index contributed by atoms with van der Waals surface area (Å²) >= 11 is 0. The maximum Gasteiger partial charge on any atom is 0.400 e. The molecule has 1 amide bonds. The molecule has 1 aliphatic heterocycles. The quantitative estimate of drug-likeness (QED) is 0.694. The third-order valence-electron chi connectivity index (χ3n) is 2.40. The van der Waals surface area contributed by atoms with Crippen LogP contribution in [-0.4, -0.2) is 36.1 Å². The van der Waals surface area contributed by atoms with Crippen molar-refractivity contribution in [1.82, 2.24) is 4.90 Å². The molecule has 6 heteroatoms. The number of nitrogens with zero attached hydrogens (tertiary/aromatic N) is 1. The number of amides is 1. The van der Waals surface area contributed by atoms with Gasteiger partial charge in [-0.3, -0.25) is 4.79 Å². The largest absolute Gasteiger partial charge is 0.400 e. The van der Waals surface area contributed by atoms with Crippen LogP contribution in [0.1, 0.15) is 13.3 Å². The molecule has 1 saturated heterocycles. The number of hydrogen-bond donors (Lipinski definition) is 1. The third kappa shape index (κ3) is 2.37. The molecule has 2 unspecified atom stereocenters. The Hall–Kier alpha value is -0.780. The zero-order valence-corrected chi connectivity index (χ0v) is 7.84. The van der Waals surface area contributed by atoms with Crippen molar-refractivity contribution in [3.8, 4) is 0 Å². The lowest BCUT2D eigenvalue weighted by Crippen LogP contribution is -2.40. The Bertz CT molecular complexity index is 229. The highest BCUT2D eigenvalue weighted by Gasteiger charge is 2.43. The fourth-order valence-corrected chi connectivity index (χ4v) is 1.40. The van der Waals surface area contributed by atoms with E-state index < -0.39 is 18.0 Å². The monoisotopic (exact) mass is 210 g/mol. The number of likely N-dealkylation sites (tertiary alicyclic amines) is 1. The Balaban J connectivity index is 2.57. The van der Waals surface area contributed by atoms with Gasteiger partial charge < -0.3 is 10.6 Å². The lowest BCUT2D eigenvalue weighted by Gasteiger charge is -2.22. The van der Waals surface area contributed by atoms with E-state index in [4.69, 9.17) is 5.73 Å². The smallest absolute Gasteiger partial charge is 0.341 e. The van der Waals surface area contributed by atoms with Crippen molar-refractivity contribution in [1.29, 1.82) is 0 Å². The molecular weight excluding hydrogens is 197 g/mol. The molecule has 1 rings (SSSR count). The van der Waals surface area contributed by atoms with Gasteiger partial charge in [-0.05, 0) is 13.3 Å². The van der Waals surface area contributed by atoms with Crippen molar-refractivity contribution in [2.75, 3.05) is 13.1 Å². The van der Waals surface area contributed by atoms with Crippen LogP contribution in [0.25, 0.3) is 0 Å². The summed E-state index contributed by atoms with van der Waals surface area (Å²) in [6.07, 6.45) is -3.87. The number of rotatable bonds is 1. The maximum absolute atomic E-state index is 12.2. The second-order valence-corrected chi connectivity index (χ2v) is 3.60. The normalized spacial score (nSPS) is 25.2. The number of carbonyl (C=O) groups excluding carboxylic acids is 1. The van der Waals surface area contributed by atoms with Gasteiger partial charge in [0.2, 0.25) is 5.91 Å². The highest BCUT2D eigenvalue weighted by atomic mass is 19.4. The first kappa shape index (κ1) is 11.3. The molecule has 0 bridgehead atoms. The van der Waals surface area contributed by atoms with E-state index in [1.165, 1.54) is 4.90 Å². The molecule has 0 radical (unpaired) electrons. The zero-order chi connectivity index (χ0) is 10.9. The summed E-state index contributed by atoms with van der Waals surface area (Å²) in [4.78, 5) is 12.5. The van der Waals surface area contributed by atoms with E-state index in [1.807, 2.05) is 0 Å². The first-order valence-electron chi connectivity index (χ1n) is 4.43. The topological polar surface area (TPSA) is 46.3 Å². The molecule has 3 nitrogen and oxygen atoms in total. The van der Waals surface area contributed by atoms with Gasteiger partial charge in [-0.2, -0.15) is 13.2 Å². The van der Waals surface area contributed by atoms with Crippen molar-refractivity contribution in [2.24, 2.45) is 11.7 Å². The van der Waals surface area contributed by atoms with Crippen LogP contribution in [-0.2, 0) is 4.79 Å². The Morgan fingerprint density at radius 3 is 2.50 bits per heavy atom. The van der Waals surface area contributed by atoms with Crippen LogP contribution in [0.15, 0.2) is 0 Å². The molecule has 1 aliphatic rings. The summed E-state index contributed by atoms with van der Waals surface area (Å²) in [5.41, 5.74) is 5.50. The van der Waals surface area contributed by atoms with Gasteiger partial charge in [0, 0.05) is 19.1 Å². The molecule has 0 aromatic carbocycles. The number of alkyl halides is 3. The van der Waals surface area contributed by atoms with Gasteiger partial charge >= 0.3 is 6.18 Å². The minimum atomic E-state index is -4.45. The average molecular weight is 210 g/mol. The van der Waals surface area contributed by atoms with Gasteiger partial charge in [-0.25, -0.2) is 0 Å². The second-order valence-electron chi connectivity index (χ2n) is 3.60. The van der Waals surface area contributed by atoms with Gasteiger partial charge in [0.15, 0.2) is 0 Å². The van der Waals surface area contributed by atoms with Crippen LogP contribution in [0.5, 0.6) is 0 Å². The number of nitrogens with two attached hydrogens (primary N) is 1. The van der Waals surface area contributed by atoms with Crippen LogP contribution in [0.2, 0.25) is 0 Å². The van der Waals surface area contributed by atoms with Gasteiger partial charge in [-0.1, -0.05) is 0 Å². The standard InChI is InChI=1S/C8H13F3N2O/c1-5(8(9,10)11)7(14)13-3-2-6(12)4-13/h5-6H,2-4,12H2,1H3. The van der Waals surface area contributed by atoms with Crippen LogP contribution < -0.4 is 5.73 Å².